The Kier molecular flexibility index (Phi) is 6.07. The van der Waals surface area contributed by atoms with E-state index in [0.717, 1.165) is 16.7 Å². The van der Waals surface area contributed by atoms with Crippen LogP contribution in [0.25, 0.3) is 11.1 Å². The van der Waals surface area contributed by atoms with Crippen molar-refractivity contribution in [2.45, 2.75) is 37.5 Å². The highest BCUT2D eigenvalue weighted by atomic mass is 32.2. The molecule has 1 amide bonds. The normalized spacial score (nSPS) is 15.1. The summed E-state index contributed by atoms with van der Waals surface area (Å²) in [6.07, 6.45) is 0. The first-order chi connectivity index (χ1) is 15.3. The molecule has 0 bridgehead atoms. The maximum Gasteiger partial charge on any atom is 0.265 e. The molecule has 4 rings (SSSR count). The van der Waals surface area contributed by atoms with Gasteiger partial charge < -0.3 is 5.32 Å². The van der Waals surface area contributed by atoms with Crippen LogP contribution in [0.15, 0.2) is 77.7 Å². The number of sulfonamides is 1. The van der Waals surface area contributed by atoms with Crippen molar-refractivity contribution in [3.8, 4) is 11.1 Å². The fourth-order valence-corrected chi connectivity index (χ4v) is 5.68. The highest BCUT2D eigenvalue weighted by molar-refractivity contribution is 7.93. The summed E-state index contributed by atoms with van der Waals surface area (Å²) in [4.78, 5) is 13.0. The van der Waals surface area contributed by atoms with Crippen molar-refractivity contribution in [3.05, 3.63) is 83.9 Å². The van der Waals surface area contributed by atoms with Crippen LogP contribution in [0.2, 0.25) is 0 Å². The van der Waals surface area contributed by atoms with Crippen LogP contribution in [-0.2, 0) is 14.8 Å². The number of carbonyl (C=O) groups excluding carboxylic acids is 1. The molecule has 1 N–H and O–H groups in total. The molecule has 0 fully saturated rings. The first kappa shape index (κ1) is 22.1. The van der Waals surface area contributed by atoms with Crippen molar-refractivity contribution >= 4 is 21.6 Å². The summed E-state index contributed by atoms with van der Waals surface area (Å²) in [7, 11) is -3.84. The van der Waals surface area contributed by atoms with Crippen molar-refractivity contribution in [1.82, 2.24) is 5.32 Å². The molecule has 1 aliphatic heterocycles. The van der Waals surface area contributed by atoms with Gasteiger partial charge >= 0.3 is 0 Å². The number of anilines is 1. The van der Waals surface area contributed by atoms with E-state index in [1.54, 1.807) is 12.1 Å². The van der Waals surface area contributed by atoms with E-state index in [1.165, 1.54) is 4.31 Å². The Balaban J connectivity index is 1.62. The van der Waals surface area contributed by atoms with Crippen LogP contribution in [0.3, 0.4) is 0 Å². The second-order valence-corrected chi connectivity index (χ2v) is 10.4. The fourth-order valence-electron chi connectivity index (χ4n) is 4.03. The molecule has 0 aromatic heterocycles. The molecule has 1 aliphatic rings. The van der Waals surface area contributed by atoms with E-state index in [1.807, 2.05) is 67.6 Å². The molecule has 0 aliphatic carbocycles. The van der Waals surface area contributed by atoms with Gasteiger partial charge in [0.15, 0.2) is 0 Å². The van der Waals surface area contributed by atoms with E-state index in [9.17, 15) is 13.2 Å². The maximum atomic E-state index is 13.4. The van der Waals surface area contributed by atoms with Gasteiger partial charge in [0, 0.05) is 17.7 Å². The molecule has 6 heteroatoms. The summed E-state index contributed by atoms with van der Waals surface area (Å²) in [5, 5.41) is 2.91. The summed E-state index contributed by atoms with van der Waals surface area (Å²) in [6.45, 7) is 6.42. The van der Waals surface area contributed by atoms with Gasteiger partial charge in [-0.25, -0.2) is 8.42 Å². The minimum atomic E-state index is -3.84. The molecule has 3 aromatic rings. The third-order valence-electron chi connectivity index (χ3n) is 5.96. The lowest BCUT2D eigenvalue weighted by Gasteiger charge is -2.32. The van der Waals surface area contributed by atoms with Gasteiger partial charge in [-0.3, -0.25) is 9.10 Å². The van der Waals surface area contributed by atoms with Crippen LogP contribution in [0.1, 0.15) is 43.7 Å². The average Bonchev–Trinajstić information content (AvgIpc) is 2.80. The zero-order valence-electron chi connectivity index (χ0n) is 18.6. The minimum absolute atomic E-state index is 0.125. The summed E-state index contributed by atoms with van der Waals surface area (Å²) in [5.74, 6) is 0.108. The molecule has 1 heterocycles. The fraction of sp³-hybridized carbons (Fsp3) is 0.269. The quantitative estimate of drug-likeness (QED) is 0.583. The lowest BCUT2D eigenvalue weighted by Crippen LogP contribution is -2.43. The summed E-state index contributed by atoms with van der Waals surface area (Å²) < 4.78 is 28.1. The van der Waals surface area contributed by atoms with E-state index in [2.05, 4.69) is 19.2 Å². The molecule has 32 heavy (non-hydrogen) atoms. The summed E-state index contributed by atoms with van der Waals surface area (Å²) in [5.41, 5.74) is 4.31. The zero-order chi connectivity index (χ0) is 22.9. The van der Waals surface area contributed by atoms with E-state index in [0.29, 0.717) is 23.7 Å². The molecule has 166 valence electrons. The van der Waals surface area contributed by atoms with Crippen LogP contribution in [0, 0.1) is 0 Å². The van der Waals surface area contributed by atoms with Crippen LogP contribution >= 0.6 is 0 Å². The Morgan fingerprint density at radius 1 is 0.875 bits per heavy atom. The summed E-state index contributed by atoms with van der Waals surface area (Å²) in [6, 6.07) is 22.7. The Morgan fingerprint density at radius 3 is 2.28 bits per heavy atom. The van der Waals surface area contributed by atoms with Crippen molar-refractivity contribution in [2.75, 3.05) is 17.4 Å². The number of benzene rings is 3. The van der Waals surface area contributed by atoms with Gasteiger partial charge in [0.25, 0.3) is 10.0 Å². The topological polar surface area (TPSA) is 66.5 Å². The lowest BCUT2D eigenvalue weighted by molar-refractivity contribution is -0.119. The SMILES string of the molecule is CC(C)c1ccc2c(c1)-c1ccccc1S(=O)(=O)N2CC(=O)NCC(C)c1ccccc1. The van der Waals surface area contributed by atoms with Gasteiger partial charge in [-0.15, -0.1) is 0 Å². The molecule has 0 spiro atoms. The largest absolute Gasteiger partial charge is 0.354 e. The van der Waals surface area contributed by atoms with Gasteiger partial charge in [-0.2, -0.15) is 0 Å². The first-order valence-corrected chi connectivity index (χ1v) is 12.3. The van der Waals surface area contributed by atoms with Crippen molar-refractivity contribution < 1.29 is 13.2 Å². The number of hydrogen-bond donors (Lipinski definition) is 1. The Hall–Kier alpha value is -3.12. The standard InChI is InChI=1S/C26H28N2O3S/c1-18(2)21-13-14-24-23(15-21)22-11-7-8-12-25(22)32(30,31)28(24)17-26(29)27-16-19(3)20-9-5-4-6-10-20/h4-15,18-19H,16-17H2,1-3H3,(H,27,29). The van der Waals surface area contributed by atoms with Crippen LogP contribution in [-0.4, -0.2) is 27.4 Å². The number of carbonyl (C=O) groups is 1. The van der Waals surface area contributed by atoms with Crippen molar-refractivity contribution in [2.24, 2.45) is 0 Å². The lowest BCUT2D eigenvalue weighted by atomic mass is 9.95. The molecular formula is C26H28N2O3S. The van der Waals surface area contributed by atoms with Gasteiger partial charge in [-0.1, -0.05) is 75.4 Å². The molecule has 1 atom stereocenters. The van der Waals surface area contributed by atoms with Crippen LogP contribution in [0.5, 0.6) is 0 Å². The van der Waals surface area contributed by atoms with E-state index >= 15 is 0 Å². The van der Waals surface area contributed by atoms with E-state index < -0.39 is 10.0 Å². The van der Waals surface area contributed by atoms with Gasteiger partial charge in [0.2, 0.25) is 5.91 Å². The Labute approximate surface area is 190 Å². The number of hydrogen-bond acceptors (Lipinski definition) is 3. The molecule has 0 saturated carbocycles. The van der Waals surface area contributed by atoms with E-state index in [-0.39, 0.29) is 23.3 Å². The second-order valence-electron chi connectivity index (χ2n) is 8.55. The minimum Gasteiger partial charge on any atom is -0.354 e. The van der Waals surface area contributed by atoms with Gasteiger partial charge in [0.1, 0.15) is 6.54 Å². The monoisotopic (exact) mass is 448 g/mol. The third kappa shape index (κ3) is 4.15. The molecule has 0 radical (unpaired) electrons. The number of amides is 1. The molecule has 3 aromatic carbocycles. The predicted octanol–water partition coefficient (Wildman–Crippen LogP) is 4.91. The highest BCUT2D eigenvalue weighted by Gasteiger charge is 2.36. The summed E-state index contributed by atoms with van der Waals surface area (Å²) >= 11 is 0. The Bertz CT molecular complexity index is 1240. The number of fused-ring (bicyclic) bond motifs is 3. The molecule has 0 saturated heterocycles. The highest BCUT2D eigenvalue weighted by Crippen LogP contribution is 2.43. The Morgan fingerprint density at radius 2 is 1.56 bits per heavy atom. The van der Waals surface area contributed by atoms with Gasteiger partial charge in [0.05, 0.1) is 10.6 Å². The number of rotatable bonds is 6. The third-order valence-corrected chi connectivity index (χ3v) is 7.78. The first-order valence-electron chi connectivity index (χ1n) is 10.9. The van der Waals surface area contributed by atoms with Crippen molar-refractivity contribution in [1.29, 1.82) is 0 Å². The second kappa shape index (κ2) is 8.79. The molecule has 5 nitrogen and oxygen atoms in total. The zero-order valence-corrected chi connectivity index (χ0v) is 19.4. The number of nitrogens with zero attached hydrogens (tertiary/aromatic N) is 1. The predicted molar refractivity (Wildman–Crippen MR) is 128 cm³/mol. The molecule has 1 unspecified atom stereocenters. The smallest absolute Gasteiger partial charge is 0.265 e. The van der Waals surface area contributed by atoms with Crippen LogP contribution < -0.4 is 9.62 Å². The van der Waals surface area contributed by atoms with Crippen molar-refractivity contribution in [3.63, 3.8) is 0 Å². The van der Waals surface area contributed by atoms with Gasteiger partial charge in [-0.05, 0) is 41.2 Å². The maximum absolute atomic E-state index is 13.4. The average molecular weight is 449 g/mol. The van der Waals surface area contributed by atoms with Crippen LogP contribution in [0.4, 0.5) is 5.69 Å². The van der Waals surface area contributed by atoms with E-state index in [4.69, 9.17) is 0 Å². The molecular weight excluding hydrogens is 420 g/mol. The number of nitrogens with one attached hydrogen (secondary N) is 1.